The monoisotopic (exact) mass is 326 g/mol. The Hall–Kier alpha value is -1.96. The minimum atomic E-state index is -0.797. The third-order valence-corrected chi connectivity index (χ3v) is 5.15. The summed E-state index contributed by atoms with van der Waals surface area (Å²) in [5.41, 5.74) is 2.86. The maximum absolute atomic E-state index is 14.4. The van der Waals surface area contributed by atoms with Gasteiger partial charge in [0.2, 0.25) is 0 Å². The molecule has 126 valence electrons. The molecule has 0 unspecified atom stereocenters. The van der Waals surface area contributed by atoms with Crippen LogP contribution in [0.2, 0.25) is 0 Å². The molecular weight excluding hydrogens is 302 g/mol. The van der Waals surface area contributed by atoms with Crippen LogP contribution in [0.4, 0.5) is 8.78 Å². The molecule has 0 radical (unpaired) electrons. The van der Waals surface area contributed by atoms with Crippen LogP contribution in [0.25, 0.3) is 11.7 Å². The van der Waals surface area contributed by atoms with Gasteiger partial charge in [0.15, 0.2) is 11.7 Å². The van der Waals surface area contributed by atoms with Gasteiger partial charge in [-0.2, -0.15) is 0 Å². The molecule has 2 aromatic carbocycles. The highest BCUT2D eigenvalue weighted by atomic mass is 19.2. The van der Waals surface area contributed by atoms with Crippen LogP contribution in [0, 0.1) is 12.8 Å². The van der Waals surface area contributed by atoms with E-state index < -0.39 is 11.7 Å². The minimum Gasteiger partial charge on any atom is -0.203 e. The van der Waals surface area contributed by atoms with Crippen molar-refractivity contribution in [3.8, 4) is 0 Å². The van der Waals surface area contributed by atoms with Crippen molar-refractivity contribution in [3.05, 3.63) is 70.8 Å². The van der Waals surface area contributed by atoms with Gasteiger partial charge in [0, 0.05) is 11.1 Å². The molecule has 2 aromatic rings. The summed E-state index contributed by atoms with van der Waals surface area (Å²) in [6.07, 6.45) is 4.89. The number of aryl methyl sites for hydroxylation is 1. The quantitative estimate of drug-likeness (QED) is 0.530. The van der Waals surface area contributed by atoms with Gasteiger partial charge in [-0.3, -0.25) is 0 Å². The van der Waals surface area contributed by atoms with Crippen LogP contribution in [-0.2, 0) is 0 Å². The van der Waals surface area contributed by atoms with Gasteiger partial charge in [0.05, 0.1) is 0 Å². The fraction of sp³-hybridized carbons (Fsp3) is 0.364. The summed E-state index contributed by atoms with van der Waals surface area (Å²) in [6.45, 7) is 4.22. The molecule has 1 aliphatic carbocycles. The van der Waals surface area contributed by atoms with Gasteiger partial charge in [-0.25, -0.2) is 8.78 Å². The lowest BCUT2D eigenvalue weighted by molar-refractivity contribution is 0.348. The highest BCUT2D eigenvalue weighted by Gasteiger charge is 2.20. The molecule has 3 rings (SSSR count). The molecule has 24 heavy (non-hydrogen) atoms. The first-order valence-electron chi connectivity index (χ1n) is 8.77. The van der Waals surface area contributed by atoms with Gasteiger partial charge < -0.3 is 0 Å². The molecular formula is C22H24F2. The van der Waals surface area contributed by atoms with Crippen LogP contribution in [0.1, 0.15) is 60.8 Å². The van der Waals surface area contributed by atoms with Gasteiger partial charge in [0.25, 0.3) is 0 Å². The third kappa shape index (κ3) is 3.75. The second kappa shape index (κ2) is 7.29. The fourth-order valence-corrected chi connectivity index (χ4v) is 3.45. The lowest BCUT2D eigenvalue weighted by atomic mass is 9.79. The molecule has 0 saturated heterocycles. The summed E-state index contributed by atoms with van der Waals surface area (Å²) in [6, 6.07) is 14.1. The molecule has 0 amide bonds. The van der Waals surface area contributed by atoms with Crippen LogP contribution in [0.3, 0.4) is 0 Å². The first-order valence-corrected chi connectivity index (χ1v) is 8.77. The number of benzene rings is 2. The van der Waals surface area contributed by atoms with Crippen molar-refractivity contribution in [2.45, 2.75) is 45.4 Å². The number of hydrogen-bond acceptors (Lipinski definition) is 0. The Morgan fingerprint density at radius 1 is 0.750 bits per heavy atom. The Labute approximate surface area is 143 Å². The molecule has 0 N–H and O–H groups in total. The fourth-order valence-electron chi connectivity index (χ4n) is 3.45. The zero-order valence-corrected chi connectivity index (χ0v) is 14.4. The molecule has 0 bridgehead atoms. The second-order valence-electron chi connectivity index (χ2n) is 7.07. The van der Waals surface area contributed by atoms with E-state index in [-0.39, 0.29) is 5.56 Å². The Morgan fingerprint density at radius 3 is 1.71 bits per heavy atom. The van der Waals surface area contributed by atoms with E-state index in [0.717, 1.165) is 11.5 Å². The van der Waals surface area contributed by atoms with Crippen LogP contribution in [-0.4, -0.2) is 0 Å². The van der Waals surface area contributed by atoms with E-state index in [1.54, 1.807) is 36.4 Å². The highest BCUT2D eigenvalue weighted by molar-refractivity contribution is 5.83. The molecule has 0 spiro atoms. The molecule has 0 atom stereocenters. The van der Waals surface area contributed by atoms with Gasteiger partial charge in [-0.15, -0.1) is 0 Å². The first-order chi connectivity index (χ1) is 11.5. The molecule has 1 aliphatic rings. The smallest absolute Gasteiger partial charge is 0.166 e. The standard InChI is InChI=1S/C22H24F2/c1-15-3-7-17(8-4-15)18-11-13-20(14-12-18)22(24)21(23)19-9-5-16(2)6-10-19/h5-6,9-15,17H,3-4,7-8H2,1-2H3/b22-21+. The average Bonchev–Trinajstić information content (AvgIpc) is 2.62. The molecule has 1 saturated carbocycles. The van der Waals surface area contributed by atoms with Crippen LogP contribution >= 0.6 is 0 Å². The van der Waals surface area contributed by atoms with Crippen molar-refractivity contribution in [3.63, 3.8) is 0 Å². The van der Waals surface area contributed by atoms with E-state index in [1.807, 2.05) is 19.1 Å². The maximum atomic E-state index is 14.4. The molecule has 0 nitrogen and oxygen atoms in total. The van der Waals surface area contributed by atoms with E-state index >= 15 is 0 Å². The summed E-state index contributed by atoms with van der Waals surface area (Å²) in [4.78, 5) is 0. The van der Waals surface area contributed by atoms with E-state index in [4.69, 9.17) is 0 Å². The topological polar surface area (TPSA) is 0 Å². The van der Waals surface area contributed by atoms with Crippen LogP contribution in [0.5, 0.6) is 0 Å². The van der Waals surface area contributed by atoms with Crippen molar-refractivity contribution in [1.82, 2.24) is 0 Å². The number of hydrogen-bond donors (Lipinski definition) is 0. The lowest BCUT2D eigenvalue weighted by Gasteiger charge is -2.26. The Morgan fingerprint density at radius 2 is 1.21 bits per heavy atom. The zero-order chi connectivity index (χ0) is 17.1. The number of halogens is 2. The molecule has 0 aliphatic heterocycles. The number of rotatable bonds is 3. The van der Waals surface area contributed by atoms with E-state index in [9.17, 15) is 8.78 Å². The van der Waals surface area contributed by atoms with Crippen LogP contribution in [0.15, 0.2) is 48.5 Å². The maximum Gasteiger partial charge on any atom is 0.166 e. The predicted octanol–water partition coefficient (Wildman–Crippen LogP) is 7.05. The highest BCUT2D eigenvalue weighted by Crippen LogP contribution is 2.36. The van der Waals surface area contributed by atoms with Gasteiger partial charge in [-0.1, -0.05) is 73.9 Å². The Kier molecular flexibility index (Phi) is 5.13. The summed E-state index contributed by atoms with van der Waals surface area (Å²) < 4.78 is 28.8. The Balaban J connectivity index is 1.79. The summed E-state index contributed by atoms with van der Waals surface area (Å²) in [5.74, 6) is -0.217. The summed E-state index contributed by atoms with van der Waals surface area (Å²) >= 11 is 0. The van der Waals surface area contributed by atoms with Crippen molar-refractivity contribution in [2.24, 2.45) is 5.92 Å². The molecule has 2 heteroatoms. The Bertz CT molecular complexity index is 703. The zero-order valence-electron chi connectivity index (χ0n) is 14.4. The predicted molar refractivity (Wildman–Crippen MR) is 97.0 cm³/mol. The normalized spacial score (nSPS) is 22.2. The third-order valence-electron chi connectivity index (χ3n) is 5.15. The van der Waals surface area contributed by atoms with E-state index in [2.05, 4.69) is 6.92 Å². The lowest BCUT2D eigenvalue weighted by Crippen LogP contribution is -2.10. The largest absolute Gasteiger partial charge is 0.203 e. The second-order valence-corrected chi connectivity index (χ2v) is 7.07. The summed E-state index contributed by atoms with van der Waals surface area (Å²) in [5, 5.41) is 0. The minimum absolute atomic E-state index is 0.281. The van der Waals surface area contributed by atoms with Gasteiger partial charge in [0.1, 0.15) is 0 Å². The average molecular weight is 326 g/mol. The van der Waals surface area contributed by atoms with Gasteiger partial charge in [-0.05, 0) is 37.2 Å². The van der Waals surface area contributed by atoms with E-state index in [1.165, 1.54) is 31.2 Å². The van der Waals surface area contributed by atoms with Crippen molar-refractivity contribution < 1.29 is 8.78 Å². The molecule has 0 aromatic heterocycles. The molecule has 1 fully saturated rings. The van der Waals surface area contributed by atoms with Gasteiger partial charge >= 0.3 is 0 Å². The van der Waals surface area contributed by atoms with Crippen molar-refractivity contribution >= 4 is 11.7 Å². The van der Waals surface area contributed by atoms with Crippen LogP contribution < -0.4 is 0 Å². The van der Waals surface area contributed by atoms with Crippen molar-refractivity contribution in [2.75, 3.05) is 0 Å². The molecule has 0 heterocycles. The summed E-state index contributed by atoms with van der Waals surface area (Å²) in [7, 11) is 0. The first kappa shape index (κ1) is 16.9. The SMILES string of the molecule is Cc1ccc(/C(F)=C(\F)c2ccc(C3CCC(C)CC3)cc2)cc1. The van der Waals surface area contributed by atoms with Crippen molar-refractivity contribution in [1.29, 1.82) is 0 Å². The van der Waals surface area contributed by atoms with E-state index in [0.29, 0.717) is 11.5 Å².